The largest absolute Gasteiger partial charge is 0.299 e. The van der Waals surface area contributed by atoms with Crippen LogP contribution in [0.4, 0.5) is 0 Å². The molecule has 0 aliphatic carbocycles. The van der Waals surface area contributed by atoms with Crippen LogP contribution in [0.3, 0.4) is 0 Å². The molecule has 2 heterocycles. The van der Waals surface area contributed by atoms with Crippen LogP contribution in [0.1, 0.15) is 0 Å². The molecule has 0 amide bonds. The summed E-state index contributed by atoms with van der Waals surface area (Å²) in [6.45, 7) is 0. The van der Waals surface area contributed by atoms with Crippen molar-refractivity contribution >= 4 is 31.1 Å². The molecule has 0 aliphatic heterocycles. The molecule has 15 heavy (non-hydrogen) atoms. The summed E-state index contributed by atoms with van der Waals surface area (Å²) in [5.74, 6) is 0.428. The molecule has 2 aromatic rings. The van der Waals surface area contributed by atoms with E-state index in [-0.39, 0.29) is 5.16 Å². The summed E-state index contributed by atoms with van der Waals surface area (Å²) < 4.78 is 23.4. The standard InChI is InChI=1S/C6H5ClN4O2S2/c1-11-5(4-2-8-3-14-4)9-10-6(11)15(7,12)13/h2-3H,1H3. The lowest BCUT2D eigenvalue weighted by molar-refractivity contribution is 0.593. The molecule has 80 valence electrons. The summed E-state index contributed by atoms with van der Waals surface area (Å²) in [5.41, 5.74) is 1.62. The quantitative estimate of drug-likeness (QED) is 0.752. The van der Waals surface area contributed by atoms with Crippen LogP contribution in [0.2, 0.25) is 0 Å². The van der Waals surface area contributed by atoms with Crippen molar-refractivity contribution in [3.05, 3.63) is 11.7 Å². The highest BCUT2D eigenvalue weighted by Gasteiger charge is 2.21. The zero-order valence-electron chi connectivity index (χ0n) is 7.45. The number of hydrogen-bond acceptors (Lipinski definition) is 6. The molecule has 0 atom stereocenters. The van der Waals surface area contributed by atoms with E-state index in [1.54, 1.807) is 11.7 Å². The van der Waals surface area contributed by atoms with Crippen LogP contribution in [0.15, 0.2) is 16.9 Å². The van der Waals surface area contributed by atoms with Gasteiger partial charge in [0.05, 0.1) is 10.4 Å². The van der Waals surface area contributed by atoms with Gasteiger partial charge in [0.1, 0.15) is 0 Å². The topological polar surface area (TPSA) is 77.7 Å². The van der Waals surface area contributed by atoms with Crippen molar-refractivity contribution in [3.63, 3.8) is 0 Å². The second-order valence-corrected chi connectivity index (χ2v) is 6.01. The molecule has 0 fully saturated rings. The van der Waals surface area contributed by atoms with Gasteiger partial charge in [0.2, 0.25) is 0 Å². The number of aromatic nitrogens is 4. The average molecular weight is 265 g/mol. The molecule has 0 saturated carbocycles. The Morgan fingerprint density at radius 1 is 1.47 bits per heavy atom. The molecular formula is C6H5ClN4O2S2. The van der Waals surface area contributed by atoms with Crippen molar-refractivity contribution in [1.82, 2.24) is 19.7 Å². The molecule has 0 unspecified atom stereocenters. The molecule has 2 rings (SSSR count). The zero-order chi connectivity index (χ0) is 11.1. The number of hydrogen-bond donors (Lipinski definition) is 0. The minimum Gasteiger partial charge on any atom is -0.299 e. The van der Waals surface area contributed by atoms with Gasteiger partial charge in [-0.3, -0.25) is 9.55 Å². The van der Waals surface area contributed by atoms with E-state index in [2.05, 4.69) is 15.2 Å². The molecule has 9 heteroatoms. The highest BCUT2D eigenvalue weighted by molar-refractivity contribution is 8.13. The molecule has 0 aliphatic rings. The Balaban J connectivity index is 2.60. The summed E-state index contributed by atoms with van der Waals surface area (Å²) in [5, 5.41) is 6.99. The summed E-state index contributed by atoms with van der Waals surface area (Å²) in [6.07, 6.45) is 1.58. The first kappa shape index (κ1) is 10.5. The predicted octanol–water partition coefficient (Wildman–Crippen LogP) is 0.866. The summed E-state index contributed by atoms with van der Waals surface area (Å²) >= 11 is 1.34. The van der Waals surface area contributed by atoms with E-state index < -0.39 is 9.05 Å². The van der Waals surface area contributed by atoms with Gasteiger partial charge in [0, 0.05) is 23.9 Å². The lowest BCUT2D eigenvalue weighted by Gasteiger charge is -1.97. The van der Waals surface area contributed by atoms with Crippen molar-refractivity contribution in [1.29, 1.82) is 0 Å². The molecule has 0 N–H and O–H groups in total. The Morgan fingerprint density at radius 2 is 2.20 bits per heavy atom. The Bertz CT molecular complexity index is 574. The minimum atomic E-state index is -3.86. The number of halogens is 1. The fraction of sp³-hybridized carbons (Fsp3) is 0.167. The normalized spacial score (nSPS) is 11.9. The van der Waals surface area contributed by atoms with Gasteiger partial charge in [-0.05, 0) is 0 Å². The van der Waals surface area contributed by atoms with Crippen LogP contribution in [0, 0.1) is 0 Å². The fourth-order valence-electron chi connectivity index (χ4n) is 1.07. The lowest BCUT2D eigenvalue weighted by Crippen LogP contribution is -2.02. The van der Waals surface area contributed by atoms with Crippen molar-refractivity contribution in [3.8, 4) is 10.7 Å². The van der Waals surface area contributed by atoms with E-state index in [1.165, 1.54) is 23.0 Å². The third kappa shape index (κ3) is 1.87. The van der Waals surface area contributed by atoms with Gasteiger partial charge in [-0.25, -0.2) is 8.42 Å². The predicted molar refractivity (Wildman–Crippen MR) is 55.1 cm³/mol. The van der Waals surface area contributed by atoms with E-state index in [0.717, 1.165) is 4.88 Å². The summed E-state index contributed by atoms with van der Waals surface area (Å²) in [4.78, 5) is 4.60. The third-order valence-electron chi connectivity index (χ3n) is 1.71. The first-order valence-electron chi connectivity index (χ1n) is 3.73. The van der Waals surface area contributed by atoms with E-state index in [4.69, 9.17) is 10.7 Å². The summed E-state index contributed by atoms with van der Waals surface area (Å²) in [6, 6.07) is 0. The molecule has 0 bridgehead atoms. The molecule has 0 spiro atoms. The first-order valence-corrected chi connectivity index (χ1v) is 6.92. The lowest BCUT2D eigenvalue weighted by atomic mass is 10.5. The van der Waals surface area contributed by atoms with Crippen molar-refractivity contribution in [2.45, 2.75) is 5.16 Å². The van der Waals surface area contributed by atoms with Crippen molar-refractivity contribution < 1.29 is 8.42 Å². The van der Waals surface area contributed by atoms with Crippen molar-refractivity contribution in [2.24, 2.45) is 7.05 Å². The monoisotopic (exact) mass is 264 g/mol. The van der Waals surface area contributed by atoms with Crippen LogP contribution < -0.4 is 0 Å². The van der Waals surface area contributed by atoms with Gasteiger partial charge in [-0.2, -0.15) is 0 Å². The Kier molecular flexibility index (Phi) is 2.49. The van der Waals surface area contributed by atoms with E-state index in [0.29, 0.717) is 5.82 Å². The molecule has 2 aromatic heterocycles. The van der Waals surface area contributed by atoms with Crippen LogP contribution in [-0.4, -0.2) is 28.2 Å². The van der Waals surface area contributed by atoms with Crippen LogP contribution in [0.5, 0.6) is 0 Å². The van der Waals surface area contributed by atoms with Crippen LogP contribution in [0.25, 0.3) is 10.7 Å². The number of nitrogens with zero attached hydrogens (tertiary/aromatic N) is 4. The highest BCUT2D eigenvalue weighted by Crippen LogP contribution is 2.23. The minimum absolute atomic E-state index is 0.271. The number of thiazole rings is 1. The van der Waals surface area contributed by atoms with Gasteiger partial charge >= 0.3 is 0 Å². The number of rotatable bonds is 2. The van der Waals surface area contributed by atoms with Gasteiger partial charge in [-0.1, -0.05) is 0 Å². The second kappa shape index (κ2) is 3.54. The van der Waals surface area contributed by atoms with Gasteiger partial charge in [0.25, 0.3) is 14.2 Å². The third-order valence-corrected chi connectivity index (χ3v) is 3.68. The molecule has 6 nitrogen and oxygen atoms in total. The Hall–Kier alpha value is -0.990. The Labute approximate surface area is 94.0 Å². The molecule has 0 saturated heterocycles. The SMILES string of the molecule is Cn1c(-c2cncs2)nnc1S(=O)(=O)Cl. The van der Waals surface area contributed by atoms with E-state index >= 15 is 0 Å². The highest BCUT2D eigenvalue weighted by atomic mass is 35.7. The zero-order valence-corrected chi connectivity index (χ0v) is 9.84. The van der Waals surface area contributed by atoms with Gasteiger partial charge in [0.15, 0.2) is 5.82 Å². The second-order valence-electron chi connectivity index (χ2n) is 2.67. The maximum atomic E-state index is 11.1. The van der Waals surface area contributed by atoms with E-state index in [1.807, 2.05) is 0 Å². The molecule has 0 radical (unpaired) electrons. The maximum Gasteiger partial charge on any atom is 0.296 e. The van der Waals surface area contributed by atoms with Gasteiger partial charge in [-0.15, -0.1) is 21.5 Å². The van der Waals surface area contributed by atoms with Crippen LogP contribution >= 0.6 is 22.0 Å². The maximum absolute atomic E-state index is 11.1. The van der Waals surface area contributed by atoms with Crippen LogP contribution in [-0.2, 0) is 16.1 Å². The van der Waals surface area contributed by atoms with Crippen molar-refractivity contribution in [2.75, 3.05) is 0 Å². The Morgan fingerprint density at radius 3 is 2.67 bits per heavy atom. The van der Waals surface area contributed by atoms with Gasteiger partial charge < -0.3 is 0 Å². The molecular weight excluding hydrogens is 260 g/mol. The summed E-state index contributed by atoms with van der Waals surface area (Å²) in [7, 11) is 2.85. The van der Waals surface area contributed by atoms with E-state index in [9.17, 15) is 8.42 Å². The smallest absolute Gasteiger partial charge is 0.296 e. The molecule has 0 aromatic carbocycles. The average Bonchev–Trinajstić information content (AvgIpc) is 2.69. The fourth-order valence-corrected chi connectivity index (χ4v) is 2.66. The first-order chi connectivity index (χ1) is 7.00.